The van der Waals surface area contributed by atoms with Gasteiger partial charge in [-0.2, -0.15) is 0 Å². The SMILES string of the molecule is CNC(CCN1CCC(C)C(OC)C1)c1ccccc1C. The van der Waals surface area contributed by atoms with Gasteiger partial charge in [0.05, 0.1) is 6.10 Å². The van der Waals surface area contributed by atoms with Crippen LogP contribution in [0, 0.1) is 12.8 Å². The fourth-order valence-corrected chi connectivity index (χ4v) is 3.35. The van der Waals surface area contributed by atoms with E-state index >= 15 is 0 Å². The number of nitrogens with zero attached hydrogens (tertiary/aromatic N) is 1. The van der Waals surface area contributed by atoms with Crippen molar-refractivity contribution in [2.75, 3.05) is 33.8 Å². The molecule has 0 saturated carbocycles. The first-order chi connectivity index (χ1) is 10.2. The van der Waals surface area contributed by atoms with Crippen LogP contribution in [0.5, 0.6) is 0 Å². The van der Waals surface area contributed by atoms with E-state index < -0.39 is 0 Å². The Morgan fingerprint density at radius 3 is 2.81 bits per heavy atom. The minimum absolute atomic E-state index is 0.394. The summed E-state index contributed by atoms with van der Waals surface area (Å²) < 4.78 is 5.61. The molecule has 3 nitrogen and oxygen atoms in total. The first kappa shape index (κ1) is 16.5. The zero-order valence-electron chi connectivity index (χ0n) is 13.9. The predicted octanol–water partition coefficient (Wildman–Crippen LogP) is 3.00. The second kappa shape index (κ2) is 7.92. The third-order valence-corrected chi connectivity index (χ3v) is 4.92. The highest BCUT2D eigenvalue weighted by atomic mass is 16.5. The molecule has 1 saturated heterocycles. The maximum atomic E-state index is 5.61. The standard InChI is InChI=1S/C18H30N2O/c1-14-7-5-6-8-16(14)17(19-3)10-12-20-11-9-15(2)18(13-20)21-4/h5-8,15,17-19H,9-13H2,1-4H3. The van der Waals surface area contributed by atoms with E-state index in [0.29, 0.717) is 18.1 Å². The summed E-state index contributed by atoms with van der Waals surface area (Å²) in [6.07, 6.45) is 2.78. The van der Waals surface area contributed by atoms with Gasteiger partial charge in [0.15, 0.2) is 0 Å². The average molecular weight is 290 g/mol. The van der Waals surface area contributed by atoms with Gasteiger partial charge in [-0.15, -0.1) is 0 Å². The van der Waals surface area contributed by atoms with Crippen LogP contribution in [0.3, 0.4) is 0 Å². The Balaban J connectivity index is 1.90. The van der Waals surface area contributed by atoms with Crippen molar-refractivity contribution in [3.8, 4) is 0 Å². The van der Waals surface area contributed by atoms with Crippen molar-refractivity contribution in [2.24, 2.45) is 5.92 Å². The van der Waals surface area contributed by atoms with Gasteiger partial charge < -0.3 is 15.0 Å². The van der Waals surface area contributed by atoms with Crippen molar-refractivity contribution in [1.29, 1.82) is 0 Å². The Labute approximate surface area is 129 Å². The summed E-state index contributed by atoms with van der Waals surface area (Å²) in [5.74, 6) is 0.683. The lowest BCUT2D eigenvalue weighted by molar-refractivity contribution is -0.00577. The van der Waals surface area contributed by atoms with Crippen LogP contribution in [0.4, 0.5) is 0 Å². The summed E-state index contributed by atoms with van der Waals surface area (Å²) in [7, 11) is 3.90. The number of hydrogen-bond acceptors (Lipinski definition) is 3. The number of rotatable bonds is 6. The maximum absolute atomic E-state index is 5.61. The predicted molar refractivity (Wildman–Crippen MR) is 88.6 cm³/mol. The van der Waals surface area contributed by atoms with Crippen molar-refractivity contribution in [3.63, 3.8) is 0 Å². The quantitative estimate of drug-likeness (QED) is 0.871. The number of piperidine rings is 1. The van der Waals surface area contributed by atoms with E-state index in [0.717, 1.165) is 19.5 Å². The van der Waals surface area contributed by atoms with Crippen molar-refractivity contribution < 1.29 is 4.74 Å². The Hall–Kier alpha value is -0.900. The topological polar surface area (TPSA) is 24.5 Å². The normalized spacial score (nSPS) is 25.0. The van der Waals surface area contributed by atoms with E-state index in [1.54, 1.807) is 0 Å². The van der Waals surface area contributed by atoms with Gasteiger partial charge in [-0.25, -0.2) is 0 Å². The monoisotopic (exact) mass is 290 g/mol. The van der Waals surface area contributed by atoms with E-state index in [1.165, 1.54) is 24.1 Å². The van der Waals surface area contributed by atoms with Gasteiger partial charge in [0, 0.05) is 26.2 Å². The molecule has 0 bridgehead atoms. The van der Waals surface area contributed by atoms with Gasteiger partial charge in [0.1, 0.15) is 0 Å². The molecule has 3 unspecified atom stereocenters. The molecule has 1 aromatic carbocycles. The number of aryl methyl sites for hydroxylation is 1. The highest BCUT2D eigenvalue weighted by molar-refractivity contribution is 5.28. The van der Waals surface area contributed by atoms with Crippen LogP contribution in [0.25, 0.3) is 0 Å². The lowest BCUT2D eigenvalue weighted by Crippen LogP contribution is -2.44. The maximum Gasteiger partial charge on any atom is 0.0724 e. The highest BCUT2D eigenvalue weighted by Crippen LogP contribution is 2.23. The molecule has 1 heterocycles. The molecular formula is C18H30N2O. The summed E-state index contributed by atoms with van der Waals surface area (Å²) in [5.41, 5.74) is 2.80. The number of nitrogens with one attached hydrogen (secondary N) is 1. The molecule has 1 fully saturated rings. The lowest BCUT2D eigenvalue weighted by atomic mass is 9.94. The van der Waals surface area contributed by atoms with Crippen molar-refractivity contribution >= 4 is 0 Å². The average Bonchev–Trinajstić information content (AvgIpc) is 2.51. The number of hydrogen-bond donors (Lipinski definition) is 1. The molecule has 0 spiro atoms. The van der Waals surface area contributed by atoms with Crippen LogP contribution in [-0.4, -0.2) is 44.8 Å². The highest BCUT2D eigenvalue weighted by Gasteiger charge is 2.26. The third kappa shape index (κ3) is 4.29. The zero-order chi connectivity index (χ0) is 15.2. The first-order valence-corrected chi connectivity index (χ1v) is 8.13. The van der Waals surface area contributed by atoms with E-state index in [4.69, 9.17) is 4.74 Å². The Kier molecular flexibility index (Phi) is 6.22. The summed E-state index contributed by atoms with van der Waals surface area (Å²) in [4.78, 5) is 2.55. The molecule has 0 aliphatic carbocycles. The fourth-order valence-electron chi connectivity index (χ4n) is 3.35. The van der Waals surface area contributed by atoms with Gasteiger partial charge >= 0.3 is 0 Å². The van der Waals surface area contributed by atoms with E-state index in [2.05, 4.69) is 55.4 Å². The zero-order valence-corrected chi connectivity index (χ0v) is 13.9. The van der Waals surface area contributed by atoms with Gasteiger partial charge in [0.25, 0.3) is 0 Å². The fraction of sp³-hybridized carbons (Fsp3) is 0.667. The lowest BCUT2D eigenvalue weighted by Gasteiger charge is -2.36. The minimum atomic E-state index is 0.394. The Morgan fingerprint density at radius 2 is 2.14 bits per heavy atom. The van der Waals surface area contributed by atoms with Crippen LogP contribution in [0.2, 0.25) is 0 Å². The number of methoxy groups -OCH3 is 1. The molecule has 118 valence electrons. The summed E-state index contributed by atoms with van der Waals surface area (Å²) in [6.45, 7) is 7.90. The molecule has 1 aliphatic rings. The molecule has 1 N–H and O–H groups in total. The third-order valence-electron chi connectivity index (χ3n) is 4.92. The minimum Gasteiger partial charge on any atom is -0.380 e. The smallest absolute Gasteiger partial charge is 0.0724 e. The molecule has 0 radical (unpaired) electrons. The van der Waals surface area contributed by atoms with Gasteiger partial charge in [-0.05, 0) is 50.4 Å². The second-order valence-electron chi connectivity index (χ2n) is 6.33. The summed E-state index contributed by atoms with van der Waals surface area (Å²) in [5, 5.41) is 3.47. The van der Waals surface area contributed by atoms with Gasteiger partial charge in [0.2, 0.25) is 0 Å². The van der Waals surface area contributed by atoms with Crippen molar-refractivity contribution in [1.82, 2.24) is 10.2 Å². The molecule has 0 aromatic heterocycles. The van der Waals surface area contributed by atoms with E-state index in [9.17, 15) is 0 Å². The molecule has 3 atom stereocenters. The Morgan fingerprint density at radius 1 is 1.38 bits per heavy atom. The van der Waals surface area contributed by atoms with Crippen molar-refractivity contribution in [2.45, 2.75) is 38.8 Å². The molecule has 21 heavy (non-hydrogen) atoms. The molecule has 1 aliphatic heterocycles. The number of likely N-dealkylation sites (tertiary alicyclic amines) is 1. The molecule has 2 rings (SSSR count). The van der Waals surface area contributed by atoms with Crippen LogP contribution in [-0.2, 0) is 4.74 Å². The Bertz CT molecular complexity index is 435. The van der Waals surface area contributed by atoms with Gasteiger partial charge in [-0.3, -0.25) is 0 Å². The van der Waals surface area contributed by atoms with E-state index in [1.807, 2.05) is 7.11 Å². The van der Waals surface area contributed by atoms with Crippen LogP contribution in [0.1, 0.15) is 36.9 Å². The van der Waals surface area contributed by atoms with Crippen LogP contribution in [0.15, 0.2) is 24.3 Å². The molecule has 0 amide bonds. The summed E-state index contributed by atoms with van der Waals surface area (Å²) in [6, 6.07) is 9.12. The summed E-state index contributed by atoms with van der Waals surface area (Å²) >= 11 is 0. The van der Waals surface area contributed by atoms with E-state index in [-0.39, 0.29) is 0 Å². The number of benzene rings is 1. The second-order valence-corrected chi connectivity index (χ2v) is 6.33. The molecule has 1 aromatic rings. The number of ether oxygens (including phenoxy) is 1. The molecular weight excluding hydrogens is 260 g/mol. The molecule has 3 heteroatoms. The largest absolute Gasteiger partial charge is 0.380 e. The van der Waals surface area contributed by atoms with Crippen molar-refractivity contribution in [3.05, 3.63) is 35.4 Å². The van der Waals surface area contributed by atoms with Crippen LogP contribution >= 0.6 is 0 Å². The van der Waals surface area contributed by atoms with Gasteiger partial charge in [-0.1, -0.05) is 31.2 Å². The first-order valence-electron chi connectivity index (χ1n) is 8.13. The van der Waals surface area contributed by atoms with Crippen LogP contribution < -0.4 is 5.32 Å².